The van der Waals surface area contributed by atoms with Gasteiger partial charge in [0.2, 0.25) is 59.1 Å². The van der Waals surface area contributed by atoms with Crippen LogP contribution in [-0.4, -0.2) is 233 Å². The number of hydrogen-bond donors (Lipinski definition) is 10. The number of unbranched alkanes of at least 4 members (excludes halogenated alkanes) is 1. The number of amides is 10. The van der Waals surface area contributed by atoms with E-state index in [2.05, 4.69) is 38.7 Å². The molecule has 3 aromatic rings. The number of nitrogens with one attached hydrogen (secondary N) is 5. The van der Waals surface area contributed by atoms with Gasteiger partial charge in [-0.05, 0) is 178 Å². The topological polar surface area (TPSA) is 410 Å². The van der Waals surface area contributed by atoms with E-state index in [1.165, 1.54) is 62.6 Å². The molecule has 7 aliphatic rings. The molecule has 0 unspecified atom stereocenters. The first-order valence-electron chi connectivity index (χ1n) is 37.1. The smallest absolute Gasteiger partial charge is 0.340 e. The van der Waals surface area contributed by atoms with E-state index in [1.807, 2.05) is 0 Å². The lowest BCUT2D eigenvalue weighted by Gasteiger charge is -2.36. The van der Waals surface area contributed by atoms with Crippen LogP contribution in [0.1, 0.15) is 182 Å². The van der Waals surface area contributed by atoms with Crippen molar-refractivity contribution in [1.82, 2.24) is 50.7 Å². The molecule has 7 heterocycles. The third kappa shape index (κ3) is 18.7. The van der Waals surface area contributed by atoms with Gasteiger partial charge in [0.25, 0.3) is 0 Å². The van der Waals surface area contributed by atoms with Crippen molar-refractivity contribution in [2.45, 2.75) is 209 Å². The second-order valence-electron chi connectivity index (χ2n) is 28.5. The average molecular weight is 1490 g/mol. The number of carbonyl (C=O) groups excluding carboxylic acids is 11. The number of carboxylic acid groups (broad SMARTS) is 1. The SMILES string of the molecule is C[C@@H]1NC(=O)[C@H]([C@@H](C)O)NC(=O)[C@@H]2CCCN2C(=O)CN(C(=O)[C@@H]2CCCN2C(=O)CCCCNC(=S)Nc2ccc3c(c2)C2(OC3=O)c3ccc(O)cc3Oc3cc(O)ccc32)CCCCC/C=C\CCCCCCN(CC(N)=O)C(=O)[C@H](CCC(=O)O)NC(=O)[C@@H]2CCCN2C(=O)[C@@H]2CCCN2C1=O. The Morgan fingerprint density at radius 3 is 1.92 bits per heavy atom. The number of phenols is 2. The molecule has 0 aliphatic carbocycles. The van der Waals surface area contributed by atoms with Crippen molar-refractivity contribution in [3.05, 3.63) is 89.0 Å². The van der Waals surface area contributed by atoms with Crippen LogP contribution in [-0.2, 0) is 63.1 Å². The number of nitrogens with two attached hydrogens (primary N) is 1. The Morgan fingerprint density at radius 2 is 1.25 bits per heavy atom. The number of fused-ring (bicyclic) bond motifs is 9. The summed E-state index contributed by atoms with van der Waals surface area (Å²) in [5, 5.41) is 55.9. The minimum Gasteiger partial charge on any atom is -0.508 e. The fourth-order valence-electron chi connectivity index (χ4n) is 15.5. The van der Waals surface area contributed by atoms with Crippen molar-refractivity contribution >= 4 is 94.0 Å². The predicted octanol–water partition coefficient (Wildman–Crippen LogP) is 4.03. The Hall–Kier alpha value is -9.91. The molecule has 4 fully saturated rings. The van der Waals surface area contributed by atoms with Gasteiger partial charge in [0.05, 0.1) is 24.8 Å². The number of aromatic hydroxyl groups is 2. The Bertz CT molecular complexity index is 3820. The van der Waals surface area contributed by atoms with Gasteiger partial charge < -0.3 is 91.6 Å². The number of anilines is 1. The van der Waals surface area contributed by atoms with Gasteiger partial charge in [0.1, 0.15) is 65.3 Å². The number of nitrogens with zero attached hydrogens (tertiary/aromatic N) is 6. The van der Waals surface area contributed by atoms with Gasteiger partial charge >= 0.3 is 11.9 Å². The molecule has 106 heavy (non-hydrogen) atoms. The summed E-state index contributed by atoms with van der Waals surface area (Å²) >= 11 is 5.70. The molecule has 10 rings (SSSR count). The maximum Gasteiger partial charge on any atom is 0.340 e. The number of ether oxygens (including phenoxy) is 2. The highest BCUT2D eigenvalue weighted by molar-refractivity contribution is 7.80. The summed E-state index contributed by atoms with van der Waals surface area (Å²) < 4.78 is 12.3. The van der Waals surface area contributed by atoms with E-state index in [4.69, 9.17) is 27.4 Å². The zero-order chi connectivity index (χ0) is 75.9. The number of thiocarbonyl (C=S) groups is 1. The van der Waals surface area contributed by atoms with Gasteiger partial charge in [-0.2, -0.15) is 0 Å². The number of aliphatic hydroxyl groups is 1. The molecular formula is C75H98N12O18S. The summed E-state index contributed by atoms with van der Waals surface area (Å²) in [5.74, 6) is -7.70. The third-order valence-corrected chi connectivity index (χ3v) is 21.1. The summed E-state index contributed by atoms with van der Waals surface area (Å²) in [6, 6.07) is 5.71. The number of phenolic OH excluding ortho intramolecular Hbond substituents is 2. The minimum atomic E-state index is -1.61. The van der Waals surface area contributed by atoms with E-state index in [0.29, 0.717) is 112 Å². The number of likely N-dealkylation sites (tertiary alicyclic amines) is 1. The number of allylic oxidation sites excluding steroid dienone is 2. The molecule has 0 bridgehead atoms. The van der Waals surface area contributed by atoms with Crippen molar-refractivity contribution in [2.75, 3.05) is 64.2 Å². The molecule has 8 atom stereocenters. The van der Waals surface area contributed by atoms with E-state index in [1.54, 1.807) is 35.2 Å². The molecular weight excluding hydrogens is 1390 g/mol. The molecule has 0 aromatic heterocycles. The Kier molecular flexibility index (Phi) is 26.7. The van der Waals surface area contributed by atoms with Crippen LogP contribution in [0.15, 0.2) is 66.7 Å². The van der Waals surface area contributed by atoms with E-state index < -0.39 is 139 Å². The summed E-state index contributed by atoms with van der Waals surface area (Å²) in [5.41, 5.74) is 6.34. The number of aliphatic hydroxyl groups excluding tert-OH is 1. The summed E-state index contributed by atoms with van der Waals surface area (Å²) in [7, 11) is 0. The van der Waals surface area contributed by atoms with Crippen LogP contribution >= 0.6 is 12.2 Å². The average Bonchev–Trinajstić information content (AvgIpc) is 1.49. The van der Waals surface area contributed by atoms with Crippen LogP contribution in [0.4, 0.5) is 5.69 Å². The molecule has 0 saturated carbocycles. The molecule has 4 saturated heterocycles. The first-order chi connectivity index (χ1) is 50.8. The number of carbonyl (C=O) groups is 12. The third-order valence-electron chi connectivity index (χ3n) is 20.9. The Balaban J connectivity index is 0.777. The van der Waals surface area contributed by atoms with Crippen LogP contribution in [0.2, 0.25) is 0 Å². The van der Waals surface area contributed by atoms with Gasteiger partial charge in [0, 0.05) is 93.2 Å². The zero-order valence-corrected chi connectivity index (χ0v) is 60.9. The lowest BCUT2D eigenvalue weighted by Crippen LogP contribution is -2.60. The lowest BCUT2D eigenvalue weighted by molar-refractivity contribution is -0.149. The van der Waals surface area contributed by atoms with Crippen molar-refractivity contribution < 1.29 is 87.4 Å². The number of rotatable bonds is 13. The number of esters is 1. The van der Waals surface area contributed by atoms with E-state index >= 15 is 0 Å². The molecule has 30 nitrogen and oxygen atoms in total. The normalized spacial score (nSPS) is 24.5. The van der Waals surface area contributed by atoms with Crippen LogP contribution in [0.5, 0.6) is 23.0 Å². The highest BCUT2D eigenvalue weighted by Gasteiger charge is 2.54. The fourth-order valence-corrected chi connectivity index (χ4v) is 15.7. The van der Waals surface area contributed by atoms with Gasteiger partial charge in [-0.1, -0.05) is 31.4 Å². The molecule has 572 valence electrons. The zero-order valence-electron chi connectivity index (χ0n) is 60.1. The van der Waals surface area contributed by atoms with Gasteiger partial charge in [0.15, 0.2) is 10.7 Å². The quantitative estimate of drug-likeness (QED) is 0.0500. The highest BCUT2D eigenvalue weighted by Crippen LogP contribution is 2.57. The van der Waals surface area contributed by atoms with Crippen LogP contribution in [0.3, 0.4) is 0 Å². The second-order valence-corrected chi connectivity index (χ2v) is 28.9. The van der Waals surface area contributed by atoms with Gasteiger partial charge in [-0.25, -0.2) is 4.79 Å². The first kappa shape index (κ1) is 78.7. The molecule has 3 aromatic carbocycles. The molecule has 7 aliphatic heterocycles. The summed E-state index contributed by atoms with van der Waals surface area (Å²) in [6.45, 7) is 3.20. The van der Waals surface area contributed by atoms with Crippen LogP contribution in [0.25, 0.3) is 0 Å². The number of aliphatic carboxylic acids is 1. The lowest BCUT2D eigenvalue weighted by atomic mass is 9.77. The van der Waals surface area contributed by atoms with Gasteiger partial charge in [-0.15, -0.1) is 0 Å². The molecule has 0 radical (unpaired) electrons. The van der Waals surface area contributed by atoms with E-state index in [0.717, 1.165) is 32.1 Å². The van der Waals surface area contributed by atoms with Crippen LogP contribution in [0, 0.1) is 0 Å². The molecule has 31 heteroatoms. The molecule has 11 N–H and O–H groups in total. The molecule has 1 spiro atoms. The number of hydrogen-bond acceptors (Lipinski definition) is 18. The number of carboxylic acids is 1. The first-order valence-corrected chi connectivity index (χ1v) is 37.5. The number of benzene rings is 3. The van der Waals surface area contributed by atoms with Crippen molar-refractivity contribution in [1.29, 1.82) is 0 Å². The molecule has 10 amide bonds. The van der Waals surface area contributed by atoms with Crippen molar-refractivity contribution in [3.8, 4) is 23.0 Å². The highest BCUT2D eigenvalue weighted by atomic mass is 32.1. The largest absolute Gasteiger partial charge is 0.508 e. The van der Waals surface area contributed by atoms with E-state index in [-0.39, 0.29) is 98.8 Å². The van der Waals surface area contributed by atoms with E-state index in [9.17, 15) is 78.0 Å². The Morgan fingerprint density at radius 1 is 0.651 bits per heavy atom. The van der Waals surface area contributed by atoms with Crippen molar-refractivity contribution in [2.24, 2.45) is 5.73 Å². The fraction of sp³-hybridized carbons (Fsp3) is 0.560. The second kappa shape index (κ2) is 35.9. The Labute approximate surface area is 620 Å². The maximum absolute atomic E-state index is 14.9. The standard InChI is InChI=1S/C75H98N12O18S/c1-45-69(99)87-39-19-23-58(87)72(102)86-38-17-21-56(86)66(96)80-54(31-32-64(94)95)70(100)82(43-61(76)91)34-14-10-8-6-4-3-5-7-9-11-15-35-83(44-63(93)84-36-16-20-55(84)67(97)81-65(46(2)88)68(98)78-45)71(101)57-22-18-37-85(57)62(92)24-12-13-33-77-74(106)79-47-25-28-50-53(40-47)75(105-73(50)103)51-29-26-48(89)41-59(51)104-60-42-49(90)27-30-52(60)75/h3,5,25-30,40-42,45-46,54-58,65,88-90H,4,6-24,31-39,43-44H2,1-2H3,(H2,76,91)(H,78,98)(H,80,96)(H,81,97)(H,94,95)(H2,77,79,106)/b5-3-/t45-,46+,54-,55-,56-,57-,58-,65-/m0/s1. The number of primary amides is 1. The monoisotopic (exact) mass is 1490 g/mol. The maximum atomic E-state index is 14.9. The van der Waals surface area contributed by atoms with Crippen LogP contribution < -0.4 is 37.1 Å². The summed E-state index contributed by atoms with van der Waals surface area (Å²) in [6.07, 6.45) is 11.9. The van der Waals surface area contributed by atoms with Gasteiger partial charge in [-0.3, -0.25) is 52.7 Å². The van der Waals surface area contributed by atoms with Crippen molar-refractivity contribution in [3.63, 3.8) is 0 Å². The summed E-state index contributed by atoms with van der Waals surface area (Å²) in [4.78, 5) is 175. The minimum absolute atomic E-state index is 0.0757. The predicted molar refractivity (Wildman–Crippen MR) is 388 cm³/mol.